The van der Waals surface area contributed by atoms with Gasteiger partial charge in [-0.25, -0.2) is 14.2 Å². The molecular weight excluding hydrogens is 499 g/mol. The average Bonchev–Trinajstić information content (AvgIpc) is 2.87. The number of nitrogens with one attached hydrogen (secondary N) is 2. The van der Waals surface area contributed by atoms with E-state index in [-0.39, 0.29) is 25.5 Å². The molecule has 12 heteroatoms. The highest BCUT2D eigenvalue weighted by Crippen LogP contribution is 2.37. The van der Waals surface area contributed by atoms with Crippen molar-refractivity contribution in [3.8, 4) is 5.75 Å². The second kappa shape index (κ2) is 11.5. The van der Waals surface area contributed by atoms with Gasteiger partial charge in [-0.15, -0.1) is 0 Å². The summed E-state index contributed by atoms with van der Waals surface area (Å²) in [5, 5.41) is 33.1. The molecule has 1 aliphatic rings. The van der Waals surface area contributed by atoms with Gasteiger partial charge >= 0.3 is 6.09 Å². The van der Waals surface area contributed by atoms with Crippen molar-refractivity contribution in [3.05, 3.63) is 57.5 Å². The predicted octanol–water partition coefficient (Wildman–Crippen LogP) is 2.51. The van der Waals surface area contributed by atoms with Crippen LogP contribution in [-0.2, 0) is 16.7 Å². The molecule has 5 N–H and O–H groups in total. The van der Waals surface area contributed by atoms with Crippen molar-refractivity contribution in [3.63, 3.8) is 0 Å². The minimum atomic E-state index is -1.19. The van der Waals surface area contributed by atoms with E-state index in [1.165, 1.54) is 29.2 Å². The van der Waals surface area contributed by atoms with E-state index >= 15 is 0 Å². The molecule has 0 saturated carbocycles. The molecule has 1 saturated heterocycles. The molecule has 0 bridgehead atoms. The van der Waals surface area contributed by atoms with Crippen LogP contribution in [-0.4, -0.2) is 73.1 Å². The monoisotopic (exact) mass is 534 g/mol. The molecule has 0 aliphatic carbocycles. The smallest absolute Gasteiger partial charge is 0.407 e. The van der Waals surface area contributed by atoms with Gasteiger partial charge in [-0.05, 0) is 57.7 Å². The molecular formula is C26H35FN4O7. The van der Waals surface area contributed by atoms with Crippen molar-refractivity contribution in [1.82, 2.24) is 20.2 Å². The highest BCUT2D eigenvalue weighted by Gasteiger charge is 2.46. The molecule has 208 valence electrons. The molecule has 38 heavy (non-hydrogen) atoms. The number of benzene rings is 1. The summed E-state index contributed by atoms with van der Waals surface area (Å²) in [5.74, 6) is -2.16. The molecule has 0 spiro atoms. The van der Waals surface area contributed by atoms with Gasteiger partial charge in [0.2, 0.25) is 5.75 Å². The lowest BCUT2D eigenvalue weighted by Gasteiger charge is -2.45. The number of carbonyl (C=O) groups excluding carboxylic acids is 1. The van der Waals surface area contributed by atoms with Gasteiger partial charge in [0.1, 0.15) is 11.6 Å². The van der Waals surface area contributed by atoms with E-state index in [4.69, 9.17) is 4.74 Å². The van der Waals surface area contributed by atoms with Crippen molar-refractivity contribution in [2.75, 3.05) is 13.2 Å². The van der Waals surface area contributed by atoms with E-state index in [1.54, 1.807) is 20.8 Å². The zero-order valence-electron chi connectivity index (χ0n) is 22.0. The zero-order chi connectivity index (χ0) is 28.3. The Morgan fingerprint density at radius 2 is 1.97 bits per heavy atom. The first-order valence-corrected chi connectivity index (χ1v) is 12.4. The zero-order valence-corrected chi connectivity index (χ0v) is 22.0. The van der Waals surface area contributed by atoms with Gasteiger partial charge in [0, 0.05) is 18.6 Å². The van der Waals surface area contributed by atoms with Crippen LogP contribution in [0, 0.1) is 5.82 Å². The number of hydrogen-bond donors (Lipinski definition) is 5. The number of aliphatic hydroxyl groups excluding tert-OH is 1. The maximum atomic E-state index is 13.2. The highest BCUT2D eigenvalue weighted by atomic mass is 19.1. The number of aromatic amines is 1. The van der Waals surface area contributed by atoms with Gasteiger partial charge in [-0.1, -0.05) is 19.1 Å². The van der Waals surface area contributed by atoms with E-state index in [2.05, 4.69) is 15.3 Å². The second-order valence-corrected chi connectivity index (χ2v) is 10.6. The van der Waals surface area contributed by atoms with Gasteiger partial charge in [0.05, 0.1) is 24.2 Å². The molecule has 2 amide bonds. The summed E-state index contributed by atoms with van der Waals surface area (Å²) in [6, 6.07) is 5.44. The van der Waals surface area contributed by atoms with Crippen LogP contribution < -0.4 is 10.9 Å². The normalized spacial score (nSPS) is 20.5. The van der Waals surface area contributed by atoms with Crippen LogP contribution in [0.25, 0.3) is 0 Å². The maximum absolute atomic E-state index is 13.2. The van der Waals surface area contributed by atoms with E-state index in [0.717, 1.165) is 0 Å². The summed E-state index contributed by atoms with van der Waals surface area (Å²) < 4.78 is 19.1. The molecule has 1 aromatic heterocycles. The number of rotatable bonds is 8. The topological polar surface area (TPSA) is 165 Å². The summed E-state index contributed by atoms with van der Waals surface area (Å²) in [7, 11) is 0. The Balaban J connectivity index is 1.99. The lowest BCUT2D eigenvalue weighted by Crippen LogP contribution is -2.56. The third-order valence-corrected chi connectivity index (χ3v) is 6.81. The average molecular weight is 535 g/mol. The van der Waals surface area contributed by atoms with Crippen molar-refractivity contribution in [2.24, 2.45) is 0 Å². The summed E-state index contributed by atoms with van der Waals surface area (Å²) in [6.07, 6.45) is -1.28. The first-order valence-electron chi connectivity index (χ1n) is 12.4. The summed E-state index contributed by atoms with van der Waals surface area (Å²) >= 11 is 0. The fourth-order valence-corrected chi connectivity index (χ4v) is 4.43. The largest absolute Gasteiger partial charge is 0.501 e. The molecule has 2 heterocycles. The number of ether oxygens (including phenoxy) is 1. The fraction of sp³-hybridized carbons (Fsp3) is 0.538. The molecule has 1 fully saturated rings. The van der Waals surface area contributed by atoms with E-state index in [1.807, 2.05) is 6.92 Å². The van der Waals surface area contributed by atoms with Gasteiger partial charge in [0.25, 0.3) is 11.5 Å². The second-order valence-electron chi connectivity index (χ2n) is 10.6. The SMILES string of the molecule is CCC(O)C1CCC(CN(C(=O)O)C(C)(C)C)(c2nc(C(=O)NCc3ccc(F)cc3)c(O)c(=O)[nH]2)CO1. The Kier molecular flexibility index (Phi) is 8.78. The number of aromatic nitrogens is 2. The molecule has 0 radical (unpaired) electrons. The predicted molar refractivity (Wildman–Crippen MR) is 136 cm³/mol. The van der Waals surface area contributed by atoms with Crippen LogP contribution in [0.5, 0.6) is 5.75 Å². The number of nitrogens with zero attached hydrogens (tertiary/aromatic N) is 2. The first-order chi connectivity index (χ1) is 17.8. The number of amides is 2. The summed E-state index contributed by atoms with van der Waals surface area (Å²) in [6.45, 7) is 6.78. The van der Waals surface area contributed by atoms with Crippen LogP contribution in [0.3, 0.4) is 0 Å². The number of aliphatic hydroxyl groups is 1. The molecule has 3 unspecified atom stereocenters. The molecule has 1 aliphatic heterocycles. The molecule has 11 nitrogen and oxygen atoms in total. The van der Waals surface area contributed by atoms with Crippen molar-refractivity contribution in [2.45, 2.75) is 76.7 Å². The van der Waals surface area contributed by atoms with Gasteiger partial charge < -0.3 is 35.3 Å². The van der Waals surface area contributed by atoms with Crippen LogP contribution in [0.15, 0.2) is 29.1 Å². The number of halogens is 1. The third-order valence-electron chi connectivity index (χ3n) is 6.81. The maximum Gasteiger partial charge on any atom is 0.407 e. The Hall–Kier alpha value is -3.51. The van der Waals surface area contributed by atoms with E-state index in [0.29, 0.717) is 24.8 Å². The molecule has 1 aromatic carbocycles. The lowest BCUT2D eigenvalue weighted by molar-refractivity contribution is -0.0991. The Morgan fingerprint density at radius 1 is 1.32 bits per heavy atom. The Labute approximate surface area is 219 Å². The minimum absolute atomic E-state index is 0.00725. The van der Waals surface area contributed by atoms with Gasteiger partial charge in [0.15, 0.2) is 5.69 Å². The standard InChI is InChI=1S/C26H35FN4O7/c1-5-17(32)18-10-11-26(14-38-18,13-31(24(36)37)25(2,3)4)23-29-19(20(33)22(35)30-23)21(34)28-12-15-6-8-16(27)9-7-15/h6-9,17-18,32-33H,5,10-14H2,1-4H3,(H,28,34)(H,36,37)(H,29,30,35). The van der Waals surface area contributed by atoms with Crippen LogP contribution in [0.2, 0.25) is 0 Å². The van der Waals surface area contributed by atoms with E-state index in [9.17, 15) is 34.1 Å². The highest BCUT2D eigenvalue weighted by molar-refractivity contribution is 5.94. The number of hydrogen-bond acceptors (Lipinski definition) is 7. The summed E-state index contributed by atoms with van der Waals surface area (Å²) in [4.78, 5) is 45.8. The van der Waals surface area contributed by atoms with Crippen LogP contribution >= 0.6 is 0 Å². The number of aromatic hydroxyl groups is 1. The number of carboxylic acid groups (broad SMARTS) is 1. The quantitative estimate of drug-likeness (QED) is 0.345. The van der Waals surface area contributed by atoms with Crippen LogP contribution in [0.4, 0.5) is 9.18 Å². The molecule has 3 rings (SSSR count). The van der Waals surface area contributed by atoms with Crippen molar-refractivity contribution in [1.29, 1.82) is 0 Å². The van der Waals surface area contributed by atoms with Crippen molar-refractivity contribution >= 4 is 12.0 Å². The van der Waals surface area contributed by atoms with Crippen LogP contribution in [0.1, 0.15) is 68.8 Å². The lowest BCUT2D eigenvalue weighted by atomic mass is 9.77. The Morgan fingerprint density at radius 3 is 2.50 bits per heavy atom. The Bertz CT molecular complexity index is 1200. The molecule has 2 aromatic rings. The first kappa shape index (κ1) is 29.1. The number of H-pyrrole nitrogens is 1. The number of carbonyl (C=O) groups is 2. The minimum Gasteiger partial charge on any atom is -0.501 e. The third kappa shape index (κ3) is 6.48. The molecule has 3 atom stereocenters. The van der Waals surface area contributed by atoms with Gasteiger partial charge in [-0.2, -0.15) is 0 Å². The fourth-order valence-electron chi connectivity index (χ4n) is 4.43. The van der Waals surface area contributed by atoms with Crippen molar-refractivity contribution < 1.29 is 34.0 Å². The summed E-state index contributed by atoms with van der Waals surface area (Å²) in [5.41, 5.74) is -2.89. The van der Waals surface area contributed by atoms with Gasteiger partial charge in [-0.3, -0.25) is 9.59 Å². The van der Waals surface area contributed by atoms with E-state index < -0.39 is 58.0 Å².